The summed E-state index contributed by atoms with van der Waals surface area (Å²) in [6.07, 6.45) is -2.71. The highest BCUT2D eigenvalue weighted by Gasteiger charge is 2.30. The first-order valence-corrected chi connectivity index (χ1v) is 7.03. The van der Waals surface area contributed by atoms with Gasteiger partial charge in [0.1, 0.15) is 0 Å². The molecule has 23 heavy (non-hydrogen) atoms. The van der Waals surface area contributed by atoms with Gasteiger partial charge in [-0.2, -0.15) is 18.3 Å². The molecule has 3 nitrogen and oxygen atoms in total. The highest BCUT2D eigenvalue weighted by atomic mass is 19.4. The van der Waals surface area contributed by atoms with E-state index in [0.717, 1.165) is 29.1 Å². The molecular formula is C17H14F3N3. The molecule has 118 valence electrons. The van der Waals surface area contributed by atoms with Crippen LogP contribution in [-0.4, -0.2) is 10.2 Å². The lowest BCUT2D eigenvalue weighted by Gasteiger charge is -2.09. The second kappa shape index (κ2) is 6.16. The largest absolute Gasteiger partial charge is 0.416 e. The Labute approximate surface area is 131 Å². The first-order valence-electron chi connectivity index (χ1n) is 7.03. The number of hydrogen-bond acceptors (Lipinski definition) is 2. The predicted molar refractivity (Wildman–Crippen MR) is 82.8 cm³/mol. The minimum atomic E-state index is -4.33. The Morgan fingerprint density at radius 3 is 2.30 bits per heavy atom. The number of H-pyrrole nitrogens is 1. The summed E-state index contributed by atoms with van der Waals surface area (Å²) in [5.41, 5.74) is 2.58. The van der Waals surface area contributed by atoms with Gasteiger partial charge in [0.2, 0.25) is 0 Å². The predicted octanol–water partition coefficient (Wildman–Crippen LogP) is 4.71. The summed E-state index contributed by atoms with van der Waals surface area (Å²) in [6.45, 7) is 0.500. The maximum absolute atomic E-state index is 12.6. The molecule has 0 fully saturated rings. The van der Waals surface area contributed by atoms with Gasteiger partial charge in [-0.15, -0.1) is 0 Å². The lowest BCUT2D eigenvalue weighted by Crippen LogP contribution is -2.04. The average molecular weight is 317 g/mol. The zero-order chi connectivity index (χ0) is 16.3. The van der Waals surface area contributed by atoms with E-state index in [0.29, 0.717) is 12.1 Å². The normalized spacial score (nSPS) is 11.4. The second-order valence-electron chi connectivity index (χ2n) is 5.06. The number of aromatic amines is 1. The van der Waals surface area contributed by atoms with E-state index in [1.165, 1.54) is 12.1 Å². The molecule has 0 saturated heterocycles. The molecule has 3 rings (SSSR count). The number of rotatable bonds is 4. The number of benzene rings is 2. The fraction of sp³-hybridized carbons (Fsp3) is 0.118. The number of anilines is 1. The Morgan fingerprint density at radius 1 is 0.957 bits per heavy atom. The van der Waals surface area contributed by atoms with Crippen LogP contribution in [-0.2, 0) is 12.7 Å². The number of hydrogen-bond donors (Lipinski definition) is 2. The van der Waals surface area contributed by atoms with Crippen molar-refractivity contribution in [2.45, 2.75) is 12.7 Å². The molecule has 2 aromatic carbocycles. The van der Waals surface area contributed by atoms with Crippen molar-refractivity contribution in [3.05, 3.63) is 72.1 Å². The van der Waals surface area contributed by atoms with Gasteiger partial charge in [-0.25, -0.2) is 0 Å². The molecule has 1 heterocycles. The first-order chi connectivity index (χ1) is 11.0. The molecule has 1 aromatic heterocycles. The maximum atomic E-state index is 12.6. The first kappa shape index (κ1) is 15.1. The van der Waals surface area contributed by atoms with E-state index >= 15 is 0 Å². The monoisotopic (exact) mass is 317 g/mol. The number of nitrogens with zero attached hydrogens (tertiary/aromatic N) is 1. The molecule has 0 amide bonds. The van der Waals surface area contributed by atoms with Gasteiger partial charge in [-0.1, -0.05) is 30.3 Å². The molecule has 0 bridgehead atoms. The zero-order valence-corrected chi connectivity index (χ0v) is 12.1. The molecule has 0 spiro atoms. The van der Waals surface area contributed by atoms with Crippen LogP contribution in [0.25, 0.3) is 11.1 Å². The molecule has 0 atom stereocenters. The summed E-state index contributed by atoms with van der Waals surface area (Å²) in [5.74, 6) is 0. The molecule has 0 radical (unpaired) electrons. The summed E-state index contributed by atoms with van der Waals surface area (Å²) in [7, 11) is 0. The van der Waals surface area contributed by atoms with Crippen LogP contribution in [0.2, 0.25) is 0 Å². The van der Waals surface area contributed by atoms with Crippen molar-refractivity contribution in [2.24, 2.45) is 0 Å². The van der Waals surface area contributed by atoms with Crippen molar-refractivity contribution in [1.82, 2.24) is 10.2 Å². The summed E-state index contributed by atoms with van der Waals surface area (Å²) in [5, 5.41) is 10.1. The van der Waals surface area contributed by atoms with Crippen molar-refractivity contribution in [1.29, 1.82) is 0 Å². The number of alkyl halides is 3. The SMILES string of the molecule is FC(F)(F)c1ccc(-c2cn[nH]c2CNc2ccccc2)cc1. The van der Waals surface area contributed by atoms with Gasteiger partial charge in [-0.05, 0) is 29.8 Å². The molecule has 3 aromatic rings. The van der Waals surface area contributed by atoms with E-state index in [4.69, 9.17) is 0 Å². The Balaban J connectivity index is 1.78. The van der Waals surface area contributed by atoms with E-state index in [-0.39, 0.29) is 0 Å². The average Bonchev–Trinajstić information content (AvgIpc) is 3.02. The third-order valence-corrected chi connectivity index (χ3v) is 3.48. The summed E-state index contributed by atoms with van der Waals surface area (Å²) < 4.78 is 37.9. The molecule has 0 aliphatic carbocycles. The Bertz CT molecular complexity index is 762. The molecule has 6 heteroatoms. The summed E-state index contributed by atoms with van der Waals surface area (Å²) >= 11 is 0. The van der Waals surface area contributed by atoms with Crippen LogP contribution in [0.3, 0.4) is 0 Å². The van der Waals surface area contributed by atoms with Crippen LogP contribution in [0.15, 0.2) is 60.8 Å². The molecular weight excluding hydrogens is 303 g/mol. The van der Waals surface area contributed by atoms with Gasteiger partial charge in [-0.3, -0.25) is 5.10 Å². The Morgan fingerprint density at radius 2 is 1.65 bits per heavy atom. The van der Waals surface area contributed by atoms with Crippen LogP contribution in [0.4, 0.5) is 18.9 Å². The third-order valence-electron chi connectivity index (χ3n) is 3.48. The highest BCUT2D eigenvalue weighted by molar-refractivity contribution is 5.66. The van der Waals surface area contributed by atoms with Gasteiger partial charge >= 0.3 is 6.18 Å². The minimum Gasteiger partial charge on any atom is -0.379 e. The van der Waals surface area contributed by atoms with Crippen LogP contribution in [0, 0.1) is 0 Å². The fourth-order valence-electron chi connectivity index (χ4n) is 2.28. The van der Waals surface area contributed by atoms with Crippen LogP contribution >= 0.6 is 0 Å². The van der Waals surface area contributed by atoms with Crippen LogP contribution < -0.4 is 5.32 Å². The lowest BCUT2D eigenvalue weighted by molar-refractivity contribution is -0.137. The van der Waals surface area contributed by atoms with Crippen molar-refractivity contribution < 1.29 is 13.2 Å². The van der Waals surface area contributed by atoms with E-state index in [1.54, 1.807) is 6.20 Å². The highest BCUT2D eigenvalue weighted by Crippen LogP contribution is 2.31. The van der Waals surface area contributed by atoms with Crippen molar-refractivity contribution in [2.75, 3.05) is 5.32 Å². The summed E-state index contributed by atoms with van der Waals surface area (Å²) in [6, 6.07) is 14.7. The van der Waals surface area contributed by atoms with Gasteiger partial charge in [0, 0.05) is 11.3 Å². The van der Waals surface area contributed by atoms with E-state index in [9.17, 15) is 13.2 Å². The van der Waals surface area contributed by atoms with Crippen molar-refractivity contribution >= 4 is 5.69 Å². The smallest absolute Gasteiger partial charge is 0.379 e. The van der Waals surface area contributed by atoms with Crippen LogP contribution in [0.1, 0.15) is 11.3 Å². The topological polar surface area (TPSA) is 40.7 Å². The number of para-hydroxylation sites is 1. The standard InChI is InChI=1S/C17H14F3N3/c18-17(19,20)13-8-6-12(7-9-13)15-10-22-23-16(15)11-21-14-4-2-1-3-5-14/h1-10,21H,11H2,(H,22,23). The Hall–Kier alpha value is -2.76. The van der Waals surface area contributed by atoms with Gasteiger partial charge in [0.15, 0.2) is 0 Å². The summed E-state index contributed by atoms with van der Waals surface area (Å²) in [4.78, 5) is 0. The molecule has 0 aliphatic heterocycles. The minimum absolute atomic E-state index is 0.500. The van der Waals surface area contributed by atoms with Gasteiger partial charge in [0.25, 0.3) is 0 Å². The molecule has 0 unspecified atom stereocenters. The maximum Gasteiger partial charge on any atom is 0.416 e. The molecule has 0 saturated carbocycles. The van der Waals surface area contributed by atoms with Crippen molar-refractivity contribution in [3.63, 3.8) is 0 Å². The van der Waals surface area contributed by atoms with E-state index in [2.05, 4.69) is 15.5 Å². The fourth-order valence-corrected chi connectivity index (χ4v) is 2.28. The lowest BCUT2D eigenvalue weighted by atomic mass is 10.0. The van der Waals surface area contributed by atoms with E-state index in [1.807, 2.05) is 30.3 Å². The number of nitrogens with one attached hydrogen (secondary N) is 2. The van der Waals surface area contributed by atoms with Crippen LogP contribution in [0.5, 0.6) is 0 Å². The molecule has 2 N–H and O–H groups in total. The second-order valence-corrected chi connectivity index (χ2v) is 5.06. The Kier molecular flexibility index (Phi) is 4.06. The number of aromatic nitrogens is 2. The molecule has 0 aliphatic rings. The quantitative estimate of drug-likeness (QED) is 0.732. The third kappa shape index (κ3) is 3.53. The van der Waals surface area contributed by atoms with E-state index < -0.39 is 11.7 Å². The number of halogens is 3. The van der Waals surface area contributed by atoms with Gasteiger partial charge < -0.3 is 5.32 Å². The zero-order valence-electron chi connectivity index (χ0n) is 12.1. The van der Waals surface area contributed by atoms with Gasteiger partial charge in [0.05, 0.1) is 24.0 Å². The van der Waals surface area contributed by atoms with Crippen molar-refractivity contribution in [3.8, 4) is 11.1 Å².